The van der Waals surface area contributed by atoms with Crippen LogP contribution in [0.4, 0.5) is 15.9 Å². The number of benzene rings is 1. The number of aryl methyl sites for hydroxylation is 1. The number of halogens is 1. The fourth-order valence-corrected chi connectivity index (χ4v) is 3.69. The van der Waals surface area contributed by atoms with Crippen LogP contribution >= 0.6 is 0 Å². The van der Waals surface area contributed by atoms with Gasteiger partial charge in [-0.15, -0.1) is 0 Å². The van der Waals surface area contributed by atoms with Gasteiger partial charge in [-0.2, -0.15) is 4.31 Å². The molecule has 2 heterocycles. The minimum atomic E-state index is -3.26. The molecule has 0 bridgehead atoms. The molecule has 1 aliphatic heterocycles. The molecule has 1 aliphatic rings. The average Bonchev–Trinajstić information content (AvgIpc) is 2.37. The van der Waals surface area contributed by atoms with Gasteiger partial charge in [0.05, 0.1) is 23.7 Å². The van der Waals surface area contributed by atoms with E-state index < -0.39 is 10.0 Å². The topological polar surface area (TPSA) is 75.2 Å². The highest BCUT2D eigenvalue weighted by molar-refractivity contribution is 7.88. The first kappa shape index (κ1) is 15.8. The largest absolute Gasteiger partial charge is 0.338 e. The van der Waals surface area contributed by atoms with Crippen molar-refractivity contribution in [2.45, 2.75) is 19.4 Å². The van der Waals surface area contributed by atoms with E-state index in [1.807, 2.05) is 0 Å². The molecule has 6 nitrogen and oxygen atoms in total. The van der Waals surface area contributed by atoms with Crippen LogP contribution in [-0.4, -0.2) is 35.5 Å². The zero-order chi connectivity index (χ0) is 16.6. The Kier molecular flexibility index (Phi) is 4.03. The molecule has 1 unspecified atom stereocenters. The number of sulfonamides is 1. The highest BCUT2D eigenvalue weighted by atomic mass is 32.2. The quantitative estimate of drug-likeness (QED) is 0.928. The Bertz CT molecular complexity index is 841. The molecule has 1 saturated heterocycles. The van der Waals surface area contributed by atoms with E-state index in [-0.39, 0.29) is 11.9 Å². The summed E-state index contributed by atoms with van der Waals surface area (Å²) in [5.41, 5.74) is 0.929. The van der Waals surface area contributed by atoms with Crippen LogP contribution in [0.5, 0.6) is 0 Å². The van der Waals surface area contributed by atoms with E-state index in [4.69, 9.17) is 0 Å². The van der Waals surface area contributed by atoms with E-state index in [0.717, 1.165) is 0 Å². The summed E-state index contributed by atoms with van der Waals surface area (Å²) in [4.78, 5) is 8.57. The maximum absolute atomic E-state index is 13.7. The van der Waals surface area contributed by atoms with Crippen molar-refractivity contribution in [3.63, 3.8) is 0 Å². The number of hydrogen-bond donors (Lipinski definition) is 1. The van der Waals surface area contributed by atoms with E-state index in [9.17, 15) is 12.8 Å². The molecule has 0 radical (unpaired) electrons. The second-order valence-electron chi connectivity index (χ2n) is 5.51. The molecule has 3 rings (SSSR count). The monoisotopic (exact) mass is 336 g/mol. The van der Waals surface area contributed by atoms with Gasteiger partial charge in [-0.25, -0.2) is 22.8 Å². The first-order chi connectivity index (χ1) is 10.8. The number of nitrogens with zero attached hydrogens (tertiary/aromatic N) is 3. The van der Waals surface area contributed by atoms with Crippen molar-refractivity contribution in [1.29, 1.82) is 0 Å². The van der Waals surface area contributed by atoms with Crippen LogP contribution < -0.4 is 5.32 Å². The number of hydrogen-bond acceptors (Lipinski definition) is 5. The van der Waals surface area contributed by atoms with Gasteiger partial charge in [0.25, 0.3) is 0 Å². The van der Waals surface area contributed by atoms with Gasteiger partial charge in [0, 0.05) is 12.6 Å². The summed E-state index contributed by atoms with van der Waals surface area (Å²) in [6, 6.07) is 7.68. The van der Waals surface area contributed by atoms with Gasteiger partial charge in [0.1, 0.15) is 17.5 Å². The SMILES string of the molecule is Cc1nc(Nc2ccccc2F)cc(C2CCN2S(C)(=O)=O)n1. The van der Waals surface area contributed by atoms with E-state index in [2.05, 4.69) is 15.3 Å². The summed E-state index contributed by atoms with van der Waals surface area (Å²) in [6.45, 7) is 2.21. The molecule has 0 spiro atoms. The molecule has 23 heavy (non-hydrogen) atoms. The first-order valence-electron chi connectivity index (χ1n) is 7.18. The third-order valence-electron chi connectivity index (χ3n) is 3.73. The van der Waals surface area contributed by atoms with Gasteiger partial charge in [-0.05, 0) is 25.5 Å². The normalized spacial score (nSPS) is 18.5. The van der Waals surface area contributed by atoms with Crippen molar-refractivity contribution < 1.29 is 12.8 Å². The van der Waals surface area contributed by atoms with Crippen molar-refractivity contribution in [3.8, 4) is 0 Å². The van der Waals surface area contributed by atoms with E-state index in [1.165, 1.54) is 16.6 Å². The molecule has 1 N–H and O–H groups in total. The van der Waals surface area contributed by atoms with Crippen LogP contribution in [-0.2, 0) is 10.0 Å². The molecular weight excluding hydrogens is 319 g/mol. The summed E-state index contributed by atoms with van der Waals surface area (Å²) >= 11 is 0. The minimum absolute atomic E-state index is 0.284. The summed E-state index contributed by atoms with van der Waals surface area (Å²) in [5, 5.41) is 2.92. The Labute approximate surface area is 134 Å². The first-order valence-corrected chi connectivity index (χ1v) is 9.03. The van der Waals surface area contributed by atoms with Crippen LogP contribution in [0.25, 0.3) is 0 Å². The Hall–Kier alpha value is -2.06. The fraction of sp³-hybridized carbons (Fsp3) is 0.333. The van der Waals surface area contributed by atoms with Crippen LogP contribution in [0.1, 0.15) is 24.0 Å². The third-order valence-corrected chi connectivity index (χ3v) is 5.02. The van der Waals surface area contributed by atoms with Gasteiger partial charge < -0.3 is 5.32 Å². The number of nitrogens with one attached hydrogen (secondary N) is 1. The molecule has 1 aromatic carbocycles. The highest BCUT2D eigenvalue weighted by Gasteiger charge is 2.37. The van der Waals surface area contributed by atoms with Crippen LogP contribution in [0.2, 0.25) is 0 Å². The Morgan fingerprint density at radius 3 is 2.65 bits per heavy atom. The smallest absolute Gasteiger partial charge is 0.211 e. The van der Waals surface area contributed by atoms with Crippen molar-refractivity contribution >= 4 is 21.5 Å². The molecule has 2 aromatic rings. The lowest BCUT2D eigenvalue weighted by Crippen LogP contribution is -2.44. The lowest BCUT2D eigenvalue weighted by Gasteiger charge is -2.38. The Morgan fingerprint density at radius 2 is 2.04 bits per heavy atom. The van der Waals surface area contributed by atoms with E-state index >= 15 is 0 Å². The molecule has 122 valence electrons. The number of anilines is 2. The van der Waals surface area contributed by atoms with E-state index in [1.54, 1.807) is 31.2 Å². The second kappa shape index (κ2) is 5.86. The van der Waals surface area contributed by atoms with Crippen LogP contribution in [0, 0.1) is 12.7 Å². The molecular formula is C15H17FN4O2S. The van der Waals surface area contributed by atoms with Crippen molar-refractivity contribution in [3.05, 3.63) is 47.7 Å². The number of para-hydroxylation sites is 1. The number of aromatic nitrogens is 2. The van der Waals surface area contributed by atoms with Gasteiger partial charge in [-0.3, -0.25) is 0 Å². The molecule has 0 aliphatic carbocycles. The maximum Gasteiger partial charge on any atom is 0.211 e. The van der Waals surface area contributed by atoms with Gasteiger partial charge in [0.2, 0.25) is 10.0 Å². The number of rotatable bonds is 4. The average molecular weight is 336 g/mol. The lowest BCUT2D eigenvalue weighted by atomic mass is 10.0. The molecule has 8 heteroatoms. The summed E-state index contributed by atoms with van der Waals surface area (Å²) in [5.74, 6) is 0.561. The third kappa shape index (κ3) is 3.32. The lowest BCUT2D eigenvalue weighted by molar-refractivity contribution is 0.199. The second-order valence-corrected chi connectivity index (χ2v) is 7.44. The standard InChI is InChI=1S/C15H17FN4O2S/c1-10-17-13(14-7-8-20(14)23(2,21)22)9-15(18-10)19-12-6-4-3-5-11(12)16/h3-6,9,14H,7-8H2,1-2H3,(H,17,18,19). The van der Waals surface area contributed by atoms with Crippen molar-refractivity contribution in [2.75, 3.05) is 18.1 Å². The summed E-state index contributed by atoms with van der Waals surface area (Å²) < 4.78 is 38.6. The summed E-state index contributed by atoms with van der Waals surface area (Å²) in [7, 11) is -3.26. The summed E-state index contributed by atoms with van der Waals surface area (Å²) in [6.07, 6.45) is 1.90. The Morgan fingerprint density at radius 1 is 1.30 bits per heavy atom. The molecule has 1 aromatic heterocycles. The predicted octanol–water partition coefficient (Wildman–Crippen LogP) is 2.37. The van der Waals surface area contributed by atoms with Gasteiger partial charge >= 0.3 is 0 Å². The Balaban J connectivity index is 1.90. The van der Waals surface area contributed by atoms with E-state index in [0.29, 0.717) is 36.0 Å². The maximum atomic E-state index is 13.7. The minimum Gasteiger partial charge on any atom is -0.338 e. The molecule has 1 fully saturated rings. The fourth-order valence-electron chi connectivity index (χ4n) is 2.58. The van der Waals surface area contributed by atoms with Crippen LogP contribution in [0.15, 0.2) is 30.3 Å². The zero-order valence-electron chi connectivity index (χ0n) is 12.8. The van der Waals surface area contributed by atoms with Crippen molar-refractivity contribution in [2.24, 2.45) is 0 Å². The van der Waals surface area contributed by atoms with Gasteiger partial charge in [-0.1, -0.05) is 12.1 Å². The van der Waals surface area contributed by atoms with Crippen LogP contribution in [0.3, 0.4) is 0 Å². The molecule has 0 amide bonds. The predicted molar refractivity (Wildman–Crippen MR) is 85.4 cm³/mol. The highest BCUT2D eigenvalue weighted by Crippen LogP contribution is 2.35. The van der Waals surface area contributed by atoms with Crippen molar-refractivity contribution in [1.82, 2.24) is 14.3 Å². The molecule has 1 atom stereocenters. The van der Waals surface area contributed by atoms with Gasteiger partial charge in [0.15, 0.2) is 0 Å². The molecule has 0 saturated carbocycles. The zero-order valence-corrected chi connectivity index (χ0v) is 13.6.